The molecule has 22 heavy (non-hydrogen) atoms. The average molecular weight is 327 g/mol. The molecule has 0 amide bonds. The lowest BCUT2D eigenvalue weighted by Gasteiger charge is -2.19. The number of nitrogens with zero attached hydrogens (tertiary/aromatic N) is 4. The predicted octanol–water partition coefficient (Wildman–Crippen LogP) is 1.49. The summed E-state index contributed by atoms with van der Waals surface area (Å²) >= 11 is 0. The third-order valence-electron chi connectivity index (χ3n) is 3.30. The monoisotopic (exact) mass is 327 g/mol. The van der Waals surface area contributed by atoms with Crippen LogP contribution in [-0.4, -0.2) is 28.3 Å². The molecule has 0 saturated carbocycles. The van der Waals surface area contributed by atoms with Crippen LogP contribution in [0.2, 0.25) is 0 Å². The molecule has 2 heterocycles. The molecule has 0 bridgehead atoms. The van der Waals surface area contributed by atoms with Gasteiger partial charge < -0.3 is 4.52 Å². The van der Waals surface area contributed by atoms with E-state index in [2.05, 4.69) is 20.0 Å². The normalized spacial score (nSPS) is 13.7. The molecule has 2 aromatic heterocycles. The topological polar surface area (TPSA) is 103 Å². The molecular weight excluding hydrogens is 306 g/mol. The van der Waals surface area contributed by atoms with Gasteiger partial charge in [0.2, 0.25) is 10.0 Å². The zero-order chi connectivity index (χ0) is 16.5. The second-order valence-corrected chi connectivity index (χ2v) is 7.35. The fourth-order valence-electron chi connectivity index (χ4n) is 2.40. The fourth-order valence-corrected chi connectivity index (χ4v) is 3.94. The molecule has 2 aromatic rings. The van der Waals surface area contributed by atoms with E-state index in [0.717, 1.165) is 0 Å². The Kier molecular flexibility index (Phi) is 4.66. The highest BCUT2D eigenvalue weighted by molar-refractivity contribution is 7.89. The van der Waals surface area contributed by atoms with Gasteiger partial charge in [0, 0.05) is 7.05 Å². The molecular formula is C13H21N5O3S. The average Bonchev–Trinajstić information content (AvgIpc) is 2.94. The molecule has 1 unspecified atom stereocenters. The molecule has 8 nitrogen and oxygen atoms in total. The Balaban J connectivity index is 2.37. The van der Waals surface area contributed by atoms with Crippen molar-refractivity contribution in [3.63, 3.8) is 0 Å². The molecule has 0 aromatic carbocycles. The van der Waals surface area contributed by atoms with Crippen LogP contribution in [-0.2, 0) is 17.1 Å². The van der Waals surface area contributed by atoms with Crippen molar-refractivity contribution in [2.75, 3.05) is 0 Å². The van der Waals surface area contributed by atoms with E-state index in [1.54, 1.807) is 25.6 Å². The molecule has 0 aliphatic rings. The number of sulfonamides is 1. The van der Waals surface area contributed by atoms with E-state index in [4.69, 9.17) is 4.52 Å². The molecule has 1 atom stereocenters. The summed E-state index contributed by atoms with van der Waals surface area (Å²) in [6.07, 6.45) is 2.02. The van der Waals surface area contributed by atoms with Crippen LogP contribution in [0.15, 0.2) is 15.7 Å². The van der Waals surface area contributed by atoms with Crippen molar-refractivity contribution in [2.24, 2.45) is 13.0 Å². The third kappa shape index (κ3) is 3.36. The van der Waals surface area contributed by atoms with Crippen molar-refractivity contribution < 1.29 is 12.9 Å². The standard InChI is InChI=1S/C13H21N5O3S/c1-8(2)6-11(13-14-7-15-18(13)5)17-22(19,20)12-9(3)16-21-10(12)4/h7-8,11,17H,6H2,1-5H3. The first-order chi connectivity index (χ1) is 10.2. The molecule has 1 N–H and O–H groups in total. The van der Waals surface area contributed by atoms with Gasteiger partial charge >= 0.3 is 0 Å². The van der Waals surface area contributed by atoms with Gasteiger partial charge in [-0.25, -0.2) is 18.1 Å². The van der Waals surface area contributed by atoms with E-state index in [9.17, 15) is 8.42 Å². The number of nitrogens with one attached hydrogen (secondary N) is 1. The molecule has 0 radical (unpaired) electrons. The number of aromatic nitrogens is 4. The summed E-state index contributed by atoms with van der Waals surface area (Å²) in [7, 11) is -2.02. The van der Waals surface area contributed by atoms with Gasteiger partial charge in [-0.3, -0.25) is 4.68 Å². The summed E-state index contributed by atoms with van der Waals surface area (Å²) in [5.41, 5.74) is 0.339. The third-order valence-corrected chi connectivity index (χ3v) is 5.01. The first kappa shape index (κ1) is 16.6. The van der Waals surface area contributed by atoms with Crippen LogP contribution in [0, 0.1) is 19.8 Å². The van der Waals surface area contributed by atoms with Crippen LogP contribution < -0.4 is 4.72 Å². The van der Waals surface area contributed by atoms with Gasteiger partial charge in [-0.15, -0.1) is 0 Å². The van der Waals surface area contributed by atoms with Gasteiger partial charge in [0.1, 0.15) is 22.7 Å². The van der Waals surface area contributed by atoms with E-state index in [1.165, 1.54) is 6.33 Å². The van der Waals surface area contributed by atoms with E-state index in [0.29, 0.717) is 17.9 Å². The second-order valence-electron chi connectivity index (χ2n) is 5.70. The molecule has 0 saturated heterocycles. The Bertz CT molecular complexity index is 728. The Morgan fingerprint density at radius 2 is 2.05 bits per heavy atom. The maximum atomic E-state index is 12.7. The number of aryl methyl sites for hydroxylation is 3. The highest BCUT2D eigenvalue weighted by atomic mass is 32.2. The van der Waals surface area contributed by atoms with E-state index in [-0.39, 0.29) is 16.6 Å². The molecule has 0 aliphatic carbocycles. The van der Waals surface area contributed by atoms with Crippen LogP contribution in [0.25, 0.3) is 0 Å². The second kappa shape index (κ2) is 6.17. The van der Waals surface area contributed by atoms with Crippen molar-refractivity contribution in [3.8, 4) is 0 Å². The van der Waals surface area contributed by atoms with Crippen molar-refractivity contribution in [3.05, 3.63) is 23.6 Å². The largest absolute Gasteiger partial charge is 0.360 e. The Labute approximate surface area is 130 Å². The highest BCUT2D eigenvalue weighted by Gasteiger charge is 2.29. The lowest BCUT2D eigenvalue weighted by Crippen LogP contribution is -2.32. The smallest absolute Gasteiger partial charge is 0.246 e. The molecule has 9 heteroatoms. The first-order valence-electron chi connectivity index (χ1n) is 7.01. The van der Waals surface area contributed by atoms with E-state index in [1.807, 2.05) is 13.8 Å². The van der Waals surface area contributed by atoms with Gasteiger partial charge in [0.15, 0.2) is 5.76 Å². The maximum absolute atomic E-state index is 12.7. The molecule has 0 fully saturated rings. The van der Waals surface area contributed by atoms with Crippen molar-refractivity contribution in [1.29, 1.82) is 0 Å². The van der Waals surface area contributed by atoms with Gasteiger partial charge in [-0.2, -0.15) is 5.10 Å². The first-order valence-corrected chi connectivity index (χ1v) is 8.49. The van der Waals surface area contributed by atoms with Gasteiger partial charge in [-0.05, 0) is 26.2 Å². The minimum absolute atomic E-state index is 0.0865. The number of hydrogen-bond acceptors (Lipinski definition) is 6. The SMILES string of the molecule is Cc1noc(C)c1S(=O)(=O)NC(CC(C)C)c1ncnn1C. The molecule has 0 spiro atoms. The summed E-state index contributed by atoms with van der Waals surface area (Å²) < 4.78 is 34.6. The van der Waals surface area contributed by atoms with Crippen LogP contribution in [0.3, 0.4) is 0 Å². The van der Waals surface area contributed by atoms with Crippen LogP contribution in [0.5, 0.6) is 0 Å². The zero-order valence-corrected chi connectivity index (χ0v) is 14.2. The number of rotatable bonds is 6. The van der Waals surface area contributed by atoms with E-state index < -0.39 is 16.1 Å². The quantitative estimate of drug-likeness (QED) is 0.862. The minimum Gasteiger partial charge on any atom is -0.360 e. The molecule has 122 valence electrons. The molecule has 2 rings (SSSR count). The summed E-state index contributed by atoms with van der Waals surface area (Å²) in [6.45, 7) is 7.22. The maximum Gasteiger partial charge on any atom is 0.246 e. The van der Waals surface area contributed by atoms with Gasteiger partial charge in [0.05, 0.1) is 6.04 Å². The lowest BCUT2D eigenvalue weighted by molar-refractivity contribution is 0.390. The summed E-state index contributed by atoms with van der Waals surface area (Å²) in [5.74, 6) is 1.13. The van der Waals surface area contributed by atoms with Crippen molar-refractivity contribution in [1.82, 2.24) is 24.6 Å². The Morgan fingerprint density at radius 1 is 1.36 bits per heavy atom. The zero-order valence-electron chi connectivity index (χ0n) is 13.4. The van der Waals surface area contributed by atoms with Gasteiger partial charge in [-0.1, -0.05) is 19.0 Å². The highest BCUT2D eigenvalue weighted by Crippen LogP contribution is 2.25. The number of hydrogen-bond donors (Lipinski definition) is 1. The predicted molar refractivity (Wildman–Crippen MR) is 79.5 cm³/mol. The van der Waals surface area contributed by atoms with Crippen molar-refractivity contribution >= 4 is 10.0 Å². The van der Waals surface area contributed by atoms with Gasteiger partial charge in [0.25, 0.3) is 0 Å². The molecule has 0 aliphatic heterocycles. The summed E-state index contributed by atoms with van der Waals surface area (Å²) in [6, 6.07) is -0.466. The fraction of sp³-hybridized carbons (Fsp3) is 0.615. The summed E-state index contributed by atoms with van der Waals surface area (Å²) in [5, 5.41) is 7.72. The Hall–Kier alpha value is -1.74. The van der Waals surface area contributed by atoms with Crippen molar-refractivity contribution in [2.45, 2.75) is 45.1 Å². The van der Waals surface area contributed by atoms with Crippen LogP contribution in [0.4, 0.5) is 0 Å². The van der Waals surface area contributed by atoms with E-state index >= 15 is 0 Å². The summed E-state index contributed by atoms with van der Waals surface area (Å²) in [4.78, 5) is 4.25. The minimum atomic E-state index is -3.75. The lowest BCUT2D eigenvalue weighted by atomic mass is 10.0. The van der Waals surface area contributed by atoms with Crippen LogP contribution in [0.1, 0.15) is 43.6 Å². The van der Waals surface area contributed by atoms with Crippen LogP contribution >= 0.6 is 0 Å². The Morgan fingerprint density at radius 3 is 2.50 bits per heavy atom.